The Labute approximate surface area is 96.9 Å². The van der Waals surface area contributed by atoms with Gasteiger partial charge in [-0.05, 0) is 36.2 Å². The number of rotatable bonds is 1. The number of halogens is 3. The van der Waals surface area contributed by atoms with Crippen LogP contribution < -0.4 is 0 Å². The monoisotopic (exact) mass is 237 g/mol. The Balaban J connectivity index is 2.54. The lowest BCUT2D eigenvalue weighted by atomic mass is 10.0. The van der Waals surface area contributed by atoms with Crippen LogP contribution in [0, 0.1) is 6.92 Å². The number of hydrogen-bond acceptors (Lipinski definition) is 1. The fraction of sp³-hybridized carbons (Fsp3) is 0.154. The minimum atomic E-state index is -4.32. The molecule has 0 spiro atoms. The zero-order chi connectivity index (χ0) is 12.5. The molecule has 2 rings (SSSR count). The van der Waals surface area contributed by atoms with Crippen molar-refractivity contribution in [3.05, 3.63) is 53.9 Å². The summed E-state index contributed by atoms with van der Waals surface area (Å²) in [5, 5.41) is 0. The van der Waals surface area contributed by atoms with E-state index in [9.17, 15) is 13.2 Å². The van der Waals surface area contributed by atoms with E-state index < -0.39 is 11.7 Å². The van der Waals surface area contributed by atoms with Crippen LogP contribution in [-0.2, 0) is 6.18 Å². The molecule has 1 aromatic carbocycles. The molecular weight excluding hydrogens is 227 g/mol. The van der Waals surface area contributed by atoms with E-state index in [1.807, 2.05) is 0 Å². The van der Waals surface area contributed by atoms with Gasteiger partial charge in [0.2, 0.25) is 0 Å². The quantitative estimate of drug-likeness (QED) is 0.728. The lowest BCUT2D eigenvalue weighted by Crippen LogP contribution is -2.05. The second kappa shape index (κ2) is 4.20. The number of pyridine rings is 1. The van der Waals surface area contributed by atoms with Gasteiger partial charge in [-0.25, -0.2) is 0 Å². The van der Waals surface area contributed by atoms with Crippen molar-refractivity contribution in [2.75, 3.05) is 0 Å². The van der Waals surface area contributed by atoms with Crippen molar-refractivity contribution in [1.82, 2.24) is 4.98 Å². The SMILES string of the molecule is Cc1cc(-c2cccnc2)cc(C(F)(F)F)c1. The largest absolute Gasteiger partial charge is 0.416 e. The highest BCUT2D eigenvalue weighted by Crippen LogP contribution is 2.33. The maximum atomic E-state index is 12.6. The molecule has 1 aromatic heterocycles. The number of alkyl halides is 3. The van der Waals surface area contributed by atoms with Gasteiger partial charge in [0.1, 0.15) is 0 Å². The van der Waals surface area contributed by atoms with Gasteiger partial charge in [0.05, 0.1) is 5.56 Å². The van der Waals surface area contributed by atoms with Crippen molar-refractivity contribution >= 4 is 0 Å². The Bertz CT molecular complexity index is 518. The lowest BCUT2D eigenvalue weighted by Gasteiger charge is -2.10. The molecule has 0 saturated carbocycles. The maximum absolute atomic E-state index is 12.6. The molecule has 0 unspecified atom stereocenters. The van der Waals surface area contributed by atoms with E-state index in [0.29, 0.717) is 16.7 Å². The van der Waals surface area contributed by atoms with E-state index in [0.717, 1.165) is 12.1 Å². The number of aromatic nitrogens is 1. The van der Waals surface area contributed by atoms with Crippen molar-refractivity contribution in [2.45, 2.75) is 13.1 Å². The Kier molecular flexibility index (Phi) is 2.88. The molecule has 0 fully saturated rings. The van der Waals surface area contributed by atoms with Crippen molar-refractivity contribution in [2.24, 2.45) is 0 Å². The lowest BCUT2D eigenvalue weighted by molar-refractivity contribution is -0.137. The predicted octanol–water partition coefficient (Wildman–Crippen LogP) is 4.08. The summed E-state index contributed by atoms with van der Waals surface area (Å²) in [7, 11) is 0. The molecule has 0 atom stereocenters. The highest BCUT2D eigenvalue weighted by molar-refractivity contribution is 5.64. The Morgan fingerprint density at radius 1 is 1.06 bits per heavy atom. The summed E-state index contributed by atoms with van der Waals surface area (Å²) in [5.41, 5.74) is 1.17. The minimum Gasteiger partial charge on any atom is -0.264 e. The topological polar surface area (TPSA) is 12.9 Å². The van der Waals surface area contributed by atoms with Gasteiger partial charge in [-0.3, -0.25) is 4.98 Å². The molecule has 4 heteroatoms. The van der Waals surface area contributed by atoms with E-state index in [-0.39, 0.29) is 0 Å². The van der Waals surface area contributed by atoms with Crippen molar-refractivity contribution in [3.8, 4) is 11.1 Å². The molecule has 0 aliphatic heterocycles. The van der Waals surface area contributed by atoms with E-state index in [2.05, 4.69) is 4.98 Å². The van der Waals surface area contributed by atoms with E-state index in [1.54, 1.807) is 37.5 Å². The van der Waals surface area contributed by atoms with Gasteiger partial charge in [-0.2, -0.15) is 13.2 Å². The molecule has 1 heterocycles. The van der Waals surface area contributed by atoms with Crippen LogP contribution >= 0.6 is 0 Å². The summed E-state index contributed by atoms with van der Waals surface area (Å²) in [4.78, 5) is 3.90. The fourth-order valence-electron chi connectivity index (χ4n) is 1.65. The molecule has 0 N–H and O–H groups in total. The molecule has 88 valence electrons. The van der Waals surface area contributed by atoms with E-state index >= 15 is 0 Å². The van der Waals surface area contributed by atoms with Crippen LogP contribution in [0.4, 0.5) is 13.2 Å². The van der Waals surface area contributed by atoms with E-state index in [4.69, 9.17) is 0 Å². The average molecular weight is 237 g/mol. The number of benzene rings is 1. The van der Waals surface area contributed by atoms with Crippen molar-refractivity contribution in [1.29, 1.82) is 0 Å². The molecule has 17 heavy (non-hydrogen) atoms. The van der Waals surface area contributed by atoms with Crippen LogP contribution in [0.5, 0.6) is 0 Å². The second-order valence-corrected chi connectivity index (χ2v) is 3.83. The van der Waals surface area contributed by atoms with Gasteiger partial charge in [0.25, 0.3) is 0 Å². The fourth-order valence-corrected chi connectivity index (χ4v) is 1.65. The van der Waals surface area contributed by atoms with E-state index in [1.165, 1.54) is 0 Å². The molecule has 0 aliphatic rings. The third-order valence-electron chi connectivity index (χ3n) is 2.40. The minimum absolute atomic E-state index is 0.533. The zero-order valence-electron chi connectivity index (χ0n) is 9.12. The van der Waals surface area contributed by atoms with Crippen LogP contribution in [0.15, 0.2) is 42.7 Å². The maximum Gasteiger partial charge on any atom is 0.416 e. The summed E-state index contributed by atoms with van der Waals surface area (Å²) in [6.45, 7) is 1.65. The third kappa shape index (κ3) is 2.64. The standard InChI is InChI=1S/C13H10F3N/c1-9-5-11(10-3-2-4-17-8-10)7-12(6-9)13(14,15)16/h2-8H,1H3. The molecule has 0 bridgehead atoms. The summed E-state index contributed by atoms with van der Waals surface area (Å²) in [6, 6.07) is 7.43. The first-order valence-electron chi connectivity index (χ1n) is 5.06. The van der Waals surface area contributed by atoms with Crippen LogP contribution in [0.1, 0.15) is 11.1 Å². The van der Waals surface area contributed by atoms with Crippen LogP contribution in [-0.4, -0.2) is 4.98 Å². The van der Waals surface area contributed by atoms with Gasteiger partial charge in [0, 0.05) is 18.0 Å². The van der Waals surface area contributed by atoms with Gasteiger partial charge in [-0.1, -0.05) is 12.1 Å². The second-order valence-electron chi connectivity index (χ2n) is 3.83. The smallest absolute Gasteiger partial charge is 0.264 e. The summed E-state index contributed by atoms with van der Waals surface area (Å²) in [5.74, 6) is 0. The highest BCUT2D eigenvalue weighted by Gasteiger charge is 2.30. The van der Waals surface area contributed by atoms with Crippen molar-refractivity contribution in [3.63, 3.8) is 0 Å². The average Bonchev–Trinajstić information content (AvgIpc) is 2.28. The van der Waals surface area contributed by atoms with Gasteiger partial charge >= 0.3 is 6.18 Å². The number of aryl methyl sites for hydroxylation is 1. The summed E-state index contributed by atoms with van der Waals surface area (Å²) >= 11 is 0. The molecular formula is C13H10F3N. The first kappa shape index (κ1) is 11.6. The predicted molar refractivity (Wildman–Crippen MR) is 59.4 cm³/mol. The highest BCUT2D eigenvalue weighted by atomic mass is 19.4. The molecule has 2 aromatic rings. The van der Waals surface area contributed by atoms with Gasteiger partial charge < -0.3 is 0 Å². The first-order chi connectivity index (χ1) is 7.97. The Hall–Kier alpha value is -1.84. The summed E-state index contributed by atoms with van der Waals surface area (Å²) < 4.78 is 37.9. The van der Waals surface area contributed by atoms with Crippen LogP contribution in [0.2, 0.25) is 0 Å². The molecule has 0 amide bonds. The Morgan fingerprint density at radius 2 is 1.82 bits per heavy atom. The van der Waals surface area contributed by atoms with Crippen LogP contribution in [0.3, 0.4) is 0 Å². The van der Waals surface area contributed by atoms with Crippen LogP contribution in [0.25, 0.3) is 11.1 Å². The number of nitrogens with zero attached hydrogens (tertiary/aromatic N) is 1. The van der Waals surface area contributed by atoms with Gasteiger partial charge in [-0.15, -0.1) is 0 Å². The normalized spacial score (nSPS) is 11.5. The first-order valence-corrected chi connectivity index (χ1v) is 5.06. The molecule has 0 radical (unpaired) electrons. The third-order valence-corrected chi connectivity index (χ3v) is 2.40. The summed E-state index contributed by atoms with van der Waals surface area (Å²) in [6.07, 6.45) is -1.18. The molecule has 0 aliphatic carbocycles. The zero-order valence-corrected chi connectivity index (χ0v) is 9.12. The van der Waals surface area contributed by atoms with Gasteiger partial charge in [0.15, 0.2) is 0 Å². The number of hydrogen-bond donors (Lipinski definition) is 0. The Morgan fingerprint density at radius 3 is 2.41 bits per heavy atom. The van der Waals surface area contributed by atoms with Crippen molar-refractivity contribution < 1.29 is 13.2 Å². The molecule has 1 nitrogen and oxygen atoms in total. The molecule has 0 saturated heterocycles.